The maximum Gasteiger partial charge on any atom is 0.315 e. The molecular formula is C17H23FN2O3. The molecule has 1 aliphatic carbocycles. The third-order valence-electron chi connectivity index (χ3n) is 4.61. The molecule has 1 heterocycles. The fraction of sp³-hybridized carbons (Fsp3) is 0.588. The molecule has 0 spiro atoms. The van der Waals surface area contributed by atoms with E-state index in [0.29, 0.717) is 18.6 Å². The van der Waals surface area contributed by atoms with Crippen molar-refractivity contribution in [1.82, 2.24) is 10.6 Å². The first-order chi connectivity index (χ1) is 11.1. The molecule has 2 amide bonds. The number of benzene rings is 1. The zero-order chi connectivity index (χ0) is 16.2. The summed E-state index contributed by atoms with van der Waals surface area (Å²) in [7, 11) is 0. The minimum absolute atomic E-state index is 0.210. The van der Waals surface area contributed by atoms with Crippen LogP contribution in [-0.2, 0) is 0 Å². The molecule has 5 nitrogen and oxygen atoms in total. The Morgan fingerprint density at radius 3 is 2.83 bits per heavy atom. The lowest BCUT2D eigenvalue weighted by molar-refractivity contribution is 0.0940. The van der Waals surface area contributed by atoms with E-state index >= 15 is 0 Å². The quantitative estimate of drug-likeness (QED) is 0.784. The molecule has 1 saturated carbocycles. The molecule has 0 radical (unpaired) electrons. The summed E-state index contributed by atoms with van der Waals surface area (Å²) in [5.41, 5.74) is 0.668. The highest BCUT2D eigenvalue weighted by Gasteiger charge is 2.27. The number of hydrogen-bond donors (Lipinski definition) is 3. The highest BCUT2D eigenvalue weighted by Crippen LogP contribution is 2.33. The molecular weight excluding hydrogens is 299 g/mol. The second-order valence-electron chi connectivity index (χ2n) is 6.28. The number of halogens is 1. The minimum atomic E-state index is -0.489. The second-order valence-corrected chi connectivity index (χ2v) is 6.28. The van der Waals surface area contributed by atoms with Gasteiger partial charge in [-0.3, -0.25) is 0 Å². The third-order valence-corrected chi connectivity index (χ3v) is 4.61. The minimum Gasteiger partial charge on any atom is -0.490 e. The number of para-hydroxylation sites is 1. The number of hydrogen-bond acceptors (Lipinski definition) is 3. The average Bonchev–Trinajstić information content (AvgIpc) is 2.73. The average molecular weight is 322 g/mol. The van der Waals surface area contributed by atoms with Crippen LogP contribution in [0.3, 0.4) is 0 Å². The van der Waals surface area contributed by atoms with Gasteiger partial charge in [-0.1, -0.05) is 25.0 Å². The van der Waals surface area contributed by atoms with E-state index in [4.69, 9.17) is 4.74 Å². The Kier molecular flexibility index (Phi) is 5.00. The topological polar surface area (TPSA) is 70.6 Å². The van der Waals surface area contributed by atoms with Crippen LogP contribution in [0.1, 0.15) is 50.1 Å². The van der Waals surface area contributed by atoms with Crippen molar-refractivity contribution in [2.45, 2.75) is 56.7 Å². The third kappa shape index (κ3) is 3.75. The van der Waals surface area contributed by atoms with E-state index in [1.165, 1.54) is 6.07 Å². The number of aliphatic hydroxyl groups excluding tert-OH is 1. The fourth-order valence-electron chi connectivity index (χ4n) is 3.37. The van der Waals surface area contributed by atoms with Gasteiger partial charge < -0.3 is 20.5 Å². The summed E-state index contributed by atoms with van der Waals surface area (Å²) in [4.78, 5) is 12.3. The monoisotopic (exact) mass is 322 g/mol. The van der Waals surface area contributed by atoms with Crippen LogP contribution in [0.2, 0.25) is 0 Å². The first kappa shape index (κ1) is 16.1. The molecule has 0 bridgehead atoms. The van der Waals surface area contributed by atoms with Gasteiger partial charge in [-0.05, 0) is 31.7 Å². The van der Waals surface area contributed by atoms with Gasteiger partial charge >= 0.3 is 6.03 Å². The summed E-state index contributed by atoms with van der Waals surface area (Å²) in [6.45, 7) is 0.440. The smallest absolute Gasteiger partial charge is 0.315 e. The van der Waals surface area contributed by atoms with Crippen LogP contribution in [0.5, 0.6) is 5.75 Å². The normalized spacial score (nSPS) is 27.3. The van der Waals surface area contributed by atoms with Gasteiger partial charge in [0.25, 0.3) is 0 Å². The van der Waals surface area contributed by atoms with Crippen LogP contribution >= 0.6 is 0 Å². The molecule has 3 N–H and O–H groups in total. The SMILES string of the molecule is O=C(NC1CCCOc2c(F)cccc21)NC1CCCCC1O. The molecule has 23 heavy (non-hydrogen) atoms. The van der Waals surface area contributed by atoms with Crippen LogP contribution < -0.4 is 15.4 Å². The number of amides is 2. The van der Waals surface area contributed by atoms with Crippen LogP contribution in [-0.4, -0.2) is 29.9 Å². The van der Waals surface area contributed by atoms with Crippen LogP contribution in [0.4, 0.5) is 9.18 Å². The van der Waals surface area contributed by atoms with Crippen molar-refractivity contribution in [3.8, 4) is 5.75 Å². The highest BCUT2D eigenvalue weighted by atomic mass is 19.1. The molecule has 6 heteroatoms. The maximum atomic E-state index is 13.9. The van der Waals surface area contributed by atoms with Gasteiger partial charge in [0.15, 0.2) is 11.6 Å². The van der Waals surface area contributed by atoms with E-state index in [9.17, 15) is 14.3 Å². The van der Waals surface area contributed by atoms with Crippen molar-refractivity contribution in [2.75, 3.05) is 6.61 Å². The lowest BCUT2D eigenvalue weighted by atomic mass is 9.93. The Labute approximate surface area is 135 Å². The largest absolute Gasteiger partial charge is 0.490 e. The number of urea groups is 1. The molecule has 1 fully saturated rings. The molecule has 1 aromatic carbocycles. The number of carbonyl (C=O) groups excluding carboxylic acids is 1. The van der Waals surface area contributed by atoms with Gasteiger partial charge in [0, 0.05) is 5.56 Å². The molecule has 3 atom stereocenters. The first-order valence-corrected chi connectivity index (χ1v) is 8.31. The summed E-state index contributed by atoms with van der Waals surface area (Å²) in [5.74, 6) is -0.174. The van der Waals surface area contributed by atoms with Gasteiger partial charge in [0.2, 0.25) is 0 Å². The summed E-state index contributed by atoms with van der Waals surface area (Å²) < 4.78 is 19.4. The first-order valence-electron chi connectivity index (χ1n) is 8.31. The van der Waals surface area contributed by atoms with E-state index in [2.05, 4.69) is 10.6 Å². The molecule has 1 aliphatic heterocycles. The van der Waals surface area contributed by atoms with Gasteiger partial charge in [-0.25, -0.2) is 9.18 Å². The van der Waals surface area contributed by atoms with Gasteiger partial charge in [0.1, 0.15) is 0 Å². The predicted molar refractivity (Wildman–Crippen MR) is 83.8 cm³/mol. The van der Waals surface area contributed by atoms with E-state index < -0.39 is 11.9 Å². The van der Waals surface area contributed by atoms with E-state index in [0.717, 1.165) is 32.1 Å². The van der Waals surface area contributed by atoms with Gasteiger partial charge in [-0.15, -0.1) is 0 Å². The summed E-state index contributed by atoms with van der Waals surface area (Å²) in [6, 6.07) is 3.95. The van der Waals surface area contributed by atoms with Crippen molar-refractivity contribution in [1.29, 1.82) is 0 Å². The van der Waals surface area contributed by atoms with Crippen molar-refractivity contribution in [3.05, 3.63) is 29.6 Å². The van der Waals surface area contributed by atoms with Crippen LogP contribution in [0, 0.1) is 5.82 Å². The van der Waals surface area contributed by atoms with Crippen molar-refractivity contribution >= 4 is 6.03 Å². The molecule has 0 saturated heterocycles. The molecule has 0 aromatic heterocycles. The Hall–Kier alpha value is -1.82. The van der Waals surface area contributed by atoms with Crippen molar-refractivity contribution < 1.29 is 19.0 Å². The van der Waals surface area contributed by atoms with Crippen LogP contribution in [0.15, 0.2) is 18.2 Å². The number of aliphatic hydroxyl groups is 1. The Balaban J connectivity index is 1.67. The number of nitrogens with one attached hydrogen (secondary N) is 2. The summed E-state index contributed by atoms with van der Waals surface area (Å²) in [5, 5.41) is 15.7. The van der Waals surface area contributed by atoms with E-state index in [-0.39, 0.29) is 23.9 Å². The van der Waals surface area contributed by atoms with Crippen molar-refractivity contribution in [2.24, 2.45) is 0 Å². The number of ether oxygens (including phenoxy) is 1. The van der Waals surface area contributed by atoms with E-state index in [1.807, 2.05) is 0 Å². The molecule has 3 unspecified atom stereocenters. The summed E-state index contributed by atoms with van der Waals surface area (Å²) >= 11 is 0. The van der Waals surface area contributed by atoms with Crippen LogP contribution in [0.25, 0.3) is 0 Å². The molecule has 3 rings (SSSR count). The Bertz CT molecular complexity index is 567. The zero-order valence-electron chi connectivity index (χ0n) is 13.1. The standard InChI is InChI=1S/C17H23FN2O3/c18-12-6-3-5-11-13(8-4-10-23-16(11)12)19-17(22)20-14-7-1-2-9-15(14)21/h3,5-6,13-15,21H,1-2,4,7-10H2,(H2,19,20,22). The molecule has 1 aromatic rings. The lowest BCUT2D eigenvalue weighted by Gasteiger charge is -2.29. The highest BCUT2D eigenvalue weighted by molar-refractivity contribution is 5.75. The molecule has 2 aliphatic rings. The Morgan fingerprint density at radius 2 is 2.00 bits per heavy atom. The predicted octanol–water partition coefficient (Wildman–Crippen LogP) is 2.64. The number of fused-ring (bicyclic) bond motifs is 1. The molecule has 126 valence electrons. The number of rotatable bonds is 2. The number of carbonyl (C=O) groups is 1. The van der Waals surface area contributed by atoms with E-state index in [1.54, 1.807) is 12.1 Å². The van der Waals surface area contributed by atoms with Gasteiger partial charge in [-0.2, -0.15) is 0 Å². The van der Waals surface area contributed by atoms with Crippen molar-refractivity contribution in [3.63, 3.8) is 0 Å². The van der Waals surface area contributed by atoms with Gasteiger partial charge in [0.05, 0.1) is 24.8 Å². The maximum absolute atomic E-state index is 13.9. The second kappa shape index (κ2) is 7.17. The Morgan fingerprint density at radius 1 is 1.17 bits per heavy atom. The lowest BCUT2D eigenvalue weighted by Crippen LogP contribution is -2.49. The summed E-state index contributed by atoms with van der Waals surface area (Å²) in [6.07, 6.45) is 4.45. The zero-order valence-corrected chi connectivity index (χ0v) is 13.1. The fourth-order valence-corrected chi connectivity index (χ4v) is 3.37.